The number of hydrogen-bond donors (Lipinski definition) is 4. The van der Waals surface area contributed by atoms with Gasteiger partial charge in [-0.05, 0) is 57.5 Å². The predicted octanol–water partition coefficient (Wildman–Crippen LogP) is 1.69. The molecule has 0 bridgehead atoms. The molecule has 0 aromatic heterocycles. The van der Waals surface area contributed by atoms with E-state index in [2.05, 4.69) is 16.0 Å². The Balaban J connectivity index is 0.00000544. The molecule has 2 fully saturated rings. The average Bonchev–Trinajstić information content (AvgIpc) is 2.80. The van der Waals surface area contributed by atoms with Gasteiger partial charge in [0, 0.05) is 32.5 Å². The van der Waals surface area contributed by atoms with Crippen LogP contribution in [0, 0.1) is 11.8 Å². The van der Waals surface area contributed by atoms with E-state index in [1.165, 1.54) is 0 Å². The molecule has 2 atom stereocenters. The first-order valence-electron chi connectivity index (χ1n) is 12.2. The lowest BCUT2D eigenvalue weighted by Gasteiger charge is -2.33. The van der Waals surface area contributed by atoms with Gasteiger partial charge < -0.3 is 26.0 Å². The second-order valence-electron chi connectivity index (χ2n) is 9.07. The number of unbranched alkanes of at least 4 members (excludes halogenated alkanes) is 2. The van der Waals surface area contributed by atoms with E-state index in [1.54, 1.807) is 4.90 Å². The van der Waals surface area contributed by atoms with Gasteiger partial charge in [0.05, 0.1) is 5.92 Å². The highest BCUT2D eigenvalue weighted by Crippen LogP contribution is 2.21. The number of carbonyl (C=O) groups excluding carboxylic acids is 3. The van der Waals surface area contributed by atoms with Crippen molar-refractivity contribution in [1.29, 1.82) is 0 Å². The fourth-order valence-electron chi connectivity index (χ4n) is 4.42. The molecule has 0 aromatic rings. The molecule has 2 rings (SSSR count). The van der Waals surface area contributed by atoms with Crippen molar-refractivity contribution in [2.75, 3.05) is 32.7 Å². The van der Waals surface area contributed by atoms with E-state index in [4.69, 9.17) is 0 Å². The summed E-state index contributed by atoms with van der Waals surface area (Å²) in [6.07, 6.45) is 7.94. The summed E-state index contributed by atoms with van der Waals surface area (Å²) in [4.78, 5) is 50.5. The summed E-state index contributed by atoms with van der Waals surface area (Å²) in [7, 11) is 0. The minimum Gasteiger partial charge on any atom is -0.480 e. The van der Waals surface area contributed by atoms with Crippen molar-refractivity contribution in [1.82, 2.24) is 20.9 Å². The molecule has 2 heterocycles. The number of hydrogen-bond acceptors (Lipinski definition) is 5. The summed E-state index contributed by atoms with van der Waals surface area (Å²) in [5.74, 6) is -1.40. The number of halogens is 1. The van der Waals surface area contributed by atoms with Gasteiger partial charge in [0.15, 0.2) is 0 Å². The highest BCUT2D eigenvalue weighted by Gasteiger charge is 2.30. The molecule has 0 saturated carbocycles. The van der Waals surface area contributed by atoms with Gasteiger partial charge in [0.25, 0.3) is 0 Å². The summed E-state index contributed by atoms with van der Waals surface area (Å²) in [6.45, 7) is 4.94. The molecule has 10 heteroatoms. The van der Waals surface area contributed by atoms with Crippen molar-refractivity contribution in [3.63, 3.8) is 0 Å². The maximum absolute atomic E-state index is 12.6. The Hall–Kier alpha value is -1.87. The maximum Gasteiger partial charge on any atom is 0.328 e. The molecular weight excluding hydrogens is 448 g/mol. The number of aliphatic carboxylic acids is 1. The van der Waals surface area contributed by atoms with Gasteiger partial charge >= 0.3 is 5.97 Å². The number of carbonyl (C=O) groups is 4. The molecule has 2 aliphatic rings. The lowest BCUT2D eigenvalue weighted by atomic mass is 9.92. The molecule has 2 aliphatic heterocycles. The lowest BCUT2D eigenvalue weighted by Crippen LogP contribution is -2.51. The molecule has 1 unspecified atom stereocenters. The van der Waals surface area contributed by atoms with E-state index >= 15 is 0 Å². The van der Waals surface area contributed by atoms with E-state index in [0.29, 0.717) is 38.3 Å². The average molecular weight is 489 g/mol. The number of nitrogens with zero attached hydrogens (tertiary/aromatic N) is 1. The Bertz CT molecular complexity index is 642. The van der Waals surface area contributed by atoms with Crippen LogP contribution in [-0.2, 0) is 19.2 Å². The van der Waals surface area contributed by atoms with Crippen molar-refractivity contribution in [2.45, 2.75) is 77.2 Å². The van der Waals surface area contributed by atoms with Crippen LogP contribution in [0.2, 0.25) is 0 Å². The number of piperidine rings is 2. The first-order valence-corrected chi connectivity index (χ1v) is 12.2. The highest BCUT2D eigenvalue weighted by molar-refractivity contribution is 5.86. The summed E-state index contributed by atoms with van der Waals surface area (Å²) >= 11 is 0. The Morgan fingerprint density at radius 1 is 1.09 bits per heavy atom. The van der Waals surface area contributed by atoms with Crippen molar-refractivity contribution >= 4 is 36.1 Å². The summed E-state index contributed by atoms with van der Waals surface area (Å²) in [5, 5.41) is 17.9. The molecule has 0 aliphatic carbocycles. The van der Waals surface area contributed by atoms with Gasteiger partial charge in [0.2, 0.25) is 17.7 Å². The molecule has 0 spiro atoms. The SMILES string of the molecule is CCCCCC(=O)NC(CNC(=O)[C@@H]1CCCN(C(=O)CCC2CCNCC2)C1)C(=O)O.Cl. The van der Waals surface area contributed by atoms with E-state index in [0.717, 1.165) is 51.6 Å². The number of nitrogens with one attached hydrogen (secondary N) is 3. The van der Waals surface area contributed by atoms with Gasteiger partial charge in [-0.3, -0.25) is 14.4 Å². The Morgan fingerprint density at radius 2 is 1.82 bits per heavy atom. The van der Waals surface area contributed by atoms with Crippen LogP contribution in [0.25, 0.3) is 0 Å². The summed E-state index contributed by atoms with van der Waals surface area (Å²) in [6, 6.07) is -1.15. The second kappa shape index (κ2) is 15.9. The number of amides is 3. The summed E-state index contributed by atoms with van der Waals surface area (Å²) < 4.78 is 0. The number of carboxylic acid groups (broad SMARTS) is 1. The Kier molecular flexibility index (Phi) is 14.0. The molecule has 9 nitrogen and oxygen atoms in total. The molecule has 3 amide bonds. The van der Waals surface area contributed by atoms with Gasteiger partial charge in [-0.2, -0.15) is 0 Å². The molecule has 2 saturated heterocycles. The fraction of sp³-hybridized carbons (Fsp3) is 0.826. The van der Waals surface area contributed by atoms with Crippen molar-refractivity contribution < 1.29 is 24.3 Å². The van der Waals surface area contributed by atoms with Crippen LogP contribution in [0.5, 0.6) is 0 Å². The van der Waals surface area contributed by atoms with Crippen LogP contribution in [0.4, 0.5) is 0 Å². The molecule has 190 valence electrons. The van der Waals surface area contributed by atoms with Crippen LogP contribution in [0.1, 0.15) is 71.1 Å². The highest BCUT2D eigenvalue weighted by atomic mass is 35.5. The van der Waals surface area contributed by atoms with Gasteiger partial charge in [-0.25, -0.2) is 4.79 Å². The minimum atomic E-state index is -1.17. The van der Waals surface area contributed by atoms with Gasteiger partial charge in [0.1, 0.15) is 6.04 Å². The normalized spacial score (nSPS) is 19.8. The van der Waals surface area contributed by atoms with E-state index in [1.807, 2.05) is 6.92 Å². The topological polar surface area (TPSA) is 128 Å². The van der Waals surface area contributed by atoms with Crippen LogP contribution >= 0.6 is 12.4 Å². The monoisotopic (exact) mass is 488 g/mol. The Morgan fingerprint density at radius 3 is 2.48 bits per heavy atom. The standard InChI is InChI=1S/C23H40N4O5.ClH/c1-2-3-4-7-20(28)26-19(23(31)32)15-25-22(30)18-6-5-14-27(16-18)21(29)9-8-17-10-12-24-13-11-17;/h17-19,24H,2-16H2,1H3,(H,25,30)(H,26,28)(H,31,32);1H/t18-,19?;/m1./s1. The van der Waals surface area contributed by atoms with E-state index < -0.39 is 12.0 Å². The number of carboxylic acids is 1. The van der Waals surface area contributed by atoms with Crippen LogP contribution < -0.4 is 16.0 Å². The largest absolute Gasteiger partial charge is 0.480 e. The predicted molar refractivity (Wildman–Crippen MR) is 128 cm³/mol. The fourth-order valence-corrected chi connectivity index (χ4v) is 4.42. The quantitative estimate of drug-likeness (QED) is 0.309. The van der Waals surface area contributed by atoms with E-state index in [-0.39, 0.29) is 49.0 Å². The maximum atomic E-state index is 12.6. The molecule has 33 heavy (non-hydrogen) atoms. The van der Waals surface area contributed by atoms with E-state index in [9.17, 15) is 24.3 Å². The number of likely N-dealkylation sites (tertiary alicyclic amines) is 1. The first kappa shape index (κ1) is 29.2. The molecule has 0 radical (unpaired) electrons. The van der Waals surface area contributed by atoms with Crippen LogP contribution in [0.15, 0.2) is 0 Å². The zero-order valence-electron chi connectivity index (χ0n) is 19.8. The zero-order chi connectivity index (χ0) is 23.3. The van der Waals surface area contributed by atoms with Crippen molar-refractivity contribution in [3.05, 3.63) is 0 Å². The van der Waals surface area contributed by atoms with Gasteiger partial charge in [-0.15, -0.1) is 12.4 Å². The first-order chi connectivity index (χ1) is 15.4. The van der Waals surface area contributed by atoms with Crippen molar-refractivity contribution in [2.24, 2.45) is 11.8 Å². The third kappa shape index (κ3) is 10.7. The van der Waals surface area contributed by atoms with Gasteiger partial charge in [-0.1, -0.05) is 19.8 Å². The van der Waals surface area contributed by atoms with Crippen molar-refractivity contribution in [3.8, 4) is 0 Å². The van der Waals surface area contributed by atoms with Crippen LogP contribution in [-0.4, -0.2) is 72.5 Å². The second-order valence-corrected chi connectivity index (χ2v) is 9.07. The molecular formula is C23H41ClN4O5. The molecule has 4 N–H and O–H groups in total. The third-order valence-corrected chi connectivity index (χ3v) is 6.49. The Labute approximate surface area is 203 Å². The minimum absolute atomic E-state index is 0. The zero-order valence-corrected chi connectivity index (χ0v) is 20.6. The van der Waals surface area contributed by atoms with Crippen LogP contribution in [0.3, 0.4) is 0 Å². The molecule has 0 aromatic carbocycles. The summed E-state index contributed by atoms with van der Waals surface area (Å²) in [5.41, 5.74) is 0. The lowest BCUT2D eigenvalue weighted by molar-refractivity contribution is -0.142. The number of rotatable bonds is 12. The third-order valence-electron chi connectivity index (χ3n) is 6.49. The smallest absolute Gasteiger partial charge is 0.328 e.